The number of benzene rings is 1. The van der Waals surface area contributed by atoms with Crippen molar-refractivity contribution in [1.29, 1.82) is 0 Å². The van der Waals surface area contributed by atoms with Gasteiger partial charge in [0.1, 0.15) is 0 Å². The number of nitrogens with zero attached hydrogens (tertiary/aromatic N) is 4. The van der Waals surface area contributed by atoms with Crippen molar-refractivity contribution in [3.05, 3.63) is 34.4 Å². The molecule has 0 fully saturated rings. The first-order valence-corrected chi connectivity index (χ1v) is 9.13. The molecule has 0 N–H and O–H groups in total. The Kier molecular flexibility index (Phi) is 5.62. The van der Waals surface area contributed by atoms with Crippen LogP contribution in [0.3, 0.4) is 0 Å². The van der Waals surface area contributed by atoms with Gasteiger partial charge in [0.2, 0.25) is 0 Å². The van der Waals surface area contributed by atoms with Gasteiger partial charge in [0.25, 0.3) is 5.91 Å². The van der Waals surface area contributed by atoms with Crippen LogP contribution < -0.4 is 14.3 Å². The molecule has 0 bridgehead atoms. The maximum Gasteiger partial charge on any atom is 0.300 e. The summed E-state index contributed by atoms with van der Waals surface area (Å²) in [6.07, 6.45) is 1.79. The molecule has 0 saturated carbocycles. The van der Waals surface area contributed by atoms with E-state index in [-0.39, 0.29) is 5.91 Å². The van der Waals surface area contributed by atoms with Gasteiger partial charge >= 0.3 is 0 Å². The van der Waals surface area contributed by atoms with Gasteiger partial charge in [-0.15, -0.1) is 0 Å². The quantitative estimate of drug-likeness (QED) is 0.644. The van der Waals surface area contributed by atoms with E-state index in [4.69, 9.17) is 14.2 Å². The highest BCUT2D eigenvalue weighted by Crippen LogP contribution is 2.33. The van der Waals surface area contributed by atoms with Crippen molar-refractivity contribution in [3.8, 4) is 11.5 Å². The summed E-state index contributed by atoms with van der Waals surface area (Å²) in [5, 5.41) is 4.21. The SMILES string of the molecule is COCCn1c(=NC(=O)c2nn(C)cc2C)sc2cc(OC)c(OC)cc21. The van der Waals surface area contributed by atoms with Gasteiger partial charge in [-0.05, 0) is 6.92 Å². The molecule has 0 radical (unpaired) electrons. The van der Waals surface area contributed by atoms with E-state index in [2.05, 4.69) is 10.1 Å². The van der Waals surface area contributed by atoms with Crippen LogP contribution in [0.1, 0.15) is 16.1 Å². The zero-order valence-corrected chi connectivity index (χ0v) is 16.8. The fourth-order valence-corrected chi connectivity index (χ4v) is 3.90. The zero-order chi connectivity index (χ0) is 19.6. The number of aromatic nitrogens is 3. The van der Waals surface area contributed by atoms with Crippen molar-refractivity contribution in [2.45, 2.75) is 13.5 Å². The minimum Gasteiger partial charge on any atom is -0.493 e. The van der Waals surface area contributed by atoms with E-state index in [1.54, 1.807) is 39.3 Å². The summed E-state index contributed by atoms with van der Waals surface area (Å²) in [4.78, 5) is 17.6. The van der Waals surface area contributed by atoms with Crippen LogP contribution in [0.15, 0.2) is 23.3 Å². The van der Waals surface area contributed by atoms with Crippen LogP contribution in [0.25, 0.3) is 10.2 Å². The van der Waals surface area contributed by atoms with Gasteiger partial charge < -0.3 is 18.8 Å². The molecule has 2 aromatic heterocycles. The highest BCUT2D eigenvalue weighted by molar-refractivity contribution is 7.16. The summed E-state index contributed by atoms with van der Waals surface area (Å²) >= 11 is 1.41. The third-order valence-corrected chi connectivity index (χ3v) is 5.16. The van der Waals surface area contributed by atoms with Crippen molar-refractivity contribution in [3.63, 3.8) is 0 Å². The number of carbonyl (C=O) groups is 1. The summed E-state index contributed by atoms with van der Waals surface area (Å²) in [6, 6.07) is 3.77. The minimum atomic E-state index is -0.371. The first-order valence-electron chi connectivity index (χ1n) is 8.32. The second-order valence-corrected chi connectivity index (χ2v) is 6.96. The van der Waals surface area contributed by atoms with E-state index in [1.807, 2.05) is 23.6 Å². The molecule has 0 aliphatic heterocycles. The average molecular weight is 390 g/mol. The van der Waals surface area contributed by atoms with Gasteiger partial charge in [-0.3, -0.25) is 9.48 Å². The monoisotopic (exact) mass is 390 g/mol. The number of thiazole rings is 1. The molecule has 2 heterocycles. The first-order chi connectivity index (χ1) is 13.0. The van der Waals surface area contributed by atoms with Crippen LogP contribution in [0, 0.1) is 6.92 Å². The lowest BCUT2D eigenvalue weighted by Crippen LogP contribution is -2.19. The number of ether oxygens (including phenoxy) is 3. The van der Waals surface area contributed by atoms with Crippen LogP contribution in [-0.2, 0) is 18.3 Å². The lowest BCUT2D eigenvalue weighted by atomic mass is 10.3. The maximum absolute atomic E-state index is 12.7. The number of aryl methyl sites for hydroxylation is 2. The van der Waals surface area contributed by atoms with Crippen LogP contribution in [-0.4, -0.2) is 48.2 Å². The van der Waals surface area contributed by atoms with Crippen molar-refractivity contribution < 1.29 is 19.0 Å². The minimum absolute atomic E-state index is 0.350. The topological polar surface area (TPSA) is 79.9 Å². The Balaban J connectivity index is 2.18. The predicted octanol–water partition coefficient (Wildman–Crippen LogP) is 2.15. The molecule has 8 nitrogen and oxygen atoms in total. The standard InChI is InChI=1S/C18H22N4O4S/c1-11-10-21(2)20-16(11)17(23)19-18-22(6-7-24-3)12-8-13(25-4)14(26-5)9-15(12)27-18/h8-10H,6-7H2,1-5H3. The lowest BCUT2D eigenvalue weighted by molar-refractivity contribution is 0.0991. The normalized spacial score (nSPS) is 12.0. The van der Waals surface area contributed by atoms with Crippen molar-refractivity contribution in [2.24, 2.45) is 12.0 Å². The van der Waals surface area contributed by atoms with Crippen molar-refractivity contribution in [1.82, 2.24) is 14.3 Å². The fraction of sp³-hybridized carbons (Fsp3) is 0.389. The molecule has 0 aliphatic rings. The number of methoxy groups -OCH3 is 3. The fourth-order valence-electron chi connectivity index (χ4n) is 2.84. The van der Waals surface area contributed by atoms with Gasteiger partial charge in [0, 0.05) is 44.6 Å². The predicted molar refractivity (Wildman–Crippen MR) is 103 cm³/mol. The van der Waals surface area contributed by atoms with Crippen LogP contribution >= 0.6 is 11.3 Å². The Morgan fingerprint density at radius 1 is 1.22 bits per heavy atom. The van der Waals surface area contributed by atoms with Crippen molar-refractivity contribution >= 4 is 27.5 Å². The lowest BCUT2D eigenvalue weighted by Gasteiger charge is -2.09. The van der Waals surface area contributed by atoms with E-state index in [1.165, 1.54) is 11.3 Å². The highest BCUT2D eigenvalue weighted by atomic mass is 32.1. The largest absolute Gasteiger partial charge is 0.493 e. The molecule has 1 aromatic carbocycles. The molecule has 0 unspecified atom stereocenters. The number of hydrogen-bond donors (Lipinski definition) is 0. The van der Waals surface area contributed by atoms with E-state index in [9.17, 15) is 4.79 Å². The number of fused-ring (bicyclic) bond motifs is 1. The third-order valence-electron chi connectivity index (χ3n) is 4.12. The smallest absolute Gasteiger partial charge is 0.300 e. The Bertz CT molecular complexity index is 1050. The van der Waals surface area contributed by atoms with Crippen LogP contribution in [0.2, 0.25) is 0 Å². The molecule has 0 saturated heterocycles. The van der Waals surface area contributed by atoms with Crippen LogP contribution in [0.5, 0.6) is 11.5 Å². The van der Waals surface area contributed by atoms with E-state index >= 15 is 0 Å². The number of hydrogen-bond acceptors (Lipinski definition) is 6. The van der Waals surface area contributed by atoms with Gasteiger partial charge in [0.05, 0.1) is 31.0 Å². The molecule has 0 spiro atoms. The first kappa shape index (κ1) is 19.1. The molecule has 9 heteroatoms. The van der Waals surface area contributed by atoms with E-state index < -0.39 is 0 Å². The zero-order valence-electron chi connectivity index (χ0n) is 16.0. The number of carbonyl (C=O) groups excluding carboxylic acids is 1. The molecule has 0 atom stereocenters. The summed E-state index contributed by atoms with van der Waals surface area (Å²) in [5.41, 5.74) is 2.04. The van der Waals surface area contributed by atoms with Gasteiger partial charge in [-0.2, -0.15) is 10.1 Å². The molecule has 144 valence electrons. The number of amides is 1. The Morgan fingerprint density at radius 2 is 1.93 bits per heavy atom. The molecular formula is C18H22N4O4S. The van der Waals surface area contributed by atoms with Crippen LogP contribution in [0.4, 0.5) is 0 Å². The van der Waals surface area contributed by atoms with E-state index in [0.717, 1.165) is 15.8 Å². The second kappa shape index (κ2) is 7.93. The molecule has 3 aromatic rings. The third kappa shape index (κ3) is 3.74. The average Bonchev–Trinajstić information content (AvgIpc) is 3.16. The Morgan fingerprint density at radius 3 is 2.52 bits per heavy atom. The summed E-state index contributed by atoms with van der Waals surface area (Å²) in [6.45, 7) is 2.89. The highest BCUT2D eigenvalue weighted by Gasteiger charge is 2.16. The number of rotatable bonds is 6. The maximum atomic E-state index is 12.7. The molecule has 27 heavy (non-hydrogen) atoms. The Labute approximate surface area is 160 Å². The van der Waals surface area contributed by atoms with E-state index in [0.29, 0.717) is 35.1 Å². The molecule has 3 rings (SSSR count). The van der Waals surface area contributed by atoms with Gasteiger partial charge in [-0.25, -0.2) is 0 Å². The molecule has 1 amide bonds. The summed E-state index contributed by atoms with van der Waals surface area (Å²) in [5.74, 6) is 0.876. The second-order valence-electron chi connectivity index (χ2n) is 5.96. The van der Waals surface area contributed by atoms with Gasteiger partial charge in [-0.1, -0.05) is 11.3 Å². The Hall–Kier alpha value is -2.65. The molecule has 0 aliphatic carbocycles. The summed E-state index contributed by atoms with van der Waals surface area (Å²) < 4.78 is 20.5. The van der Waals surface area contributed by atoms with Crippen molar-refractivity contribution in [2.75, 3.05) is 27.9 Å². The molecular weight excluding hydrogens is 368 g/mol. The summed E-state index contributed by atoms with van der Waals surface area (Å²) in [7, 11) is 6.60. The van der Waals surface area contributed by atoms with Gasteiger partial charge in [0.15, 0.2) is 22.0 Å².